The Kier molecular flexibility index (Phi) is 4.56. The number of carbonyl (C=O) groups excluding carboxylic acids is 1. The summed E-state index contributed by atoms with van der Waals surface area (Å²) < 4.78 is 11.3. The summed E-state index contributed by atoms with van der Waals surface area (Å²) in [5.74, 6) is -0.631. The molecule has 2 atom stereocenters. The first-order valence-corrected chi connectivity index (χ1v) is 9.32. The third-order valence-corrected chi connectivity index (χ3v) is 5.99. The maximum atomic E-state index is 12.8. The van der Waals surface area contributed by atoms with Crippen LogP contribution >= 0.6 is 0 Å². The molecule has 0 bridgehead atoms. The first-order valence-electron chi connectivity index (χ1n) is 9.32. The highest BCUT2D eigenvalue weighted by Crippen LogP contribution is 2.42. The van der Waals surface area contributed by atoms with Crippen LogP contribution in [0.2, 0.25) is 0 Å². The Bertz CT molecular complexity index is 686. The molecule has 3 fully saturated rings. The van der Waals surface area contributed by atoms with Crippen LogP contribution in [0.5, 0.6) is 5.88 Å². The van der Waals surface area contributed by atoms with Crippen LogP contribution in [0.4, 0.5) is 0 Å². The normalized spacial score (nSPS) is 28.8. The maximum Gasteiger partial charge on any atom is 0.311 e. The van der Waals surface area contributed by atoms with Crippen LogP contribution in [0.1, 0.15) is 42.5 Å². The van der Waals surface area contributed by atoms with Crippen LogP contribution < -0.4 is 4.74 Å². The number of fused-ring (bicyclic) bond motifs is 1. The van der Waals surface area contributed by atoms with Crippen LogP contribution in [0.25, 0.3) is 0 Å². The van der Waals surface area contributed by atoms with Gasteiger partial charge >= 0.3 is 5.97 Å². The number of aromatic nitrogens is 1. The van der Waals surface area contributed by atoms with Crippen molar-refractivity contribution in [2.45, 2.75) is 38.2 Å². The van der Waals surface area contributed by atoms with E-state index >= 15 is 0 Å². The van der Waals surface area contributed by atoms with Gasteiger partial charge in [-0.2, -0.15) is 0 Å². The van der Waals surface area contributed by atoms with Crippen LogP contribution in [-0.2, 0) is 9.53 Å². The van der Waals surface area contributed by atoms with Gasteiger partial charge in [0.2, 0.25) is 5.88 Å². The second kappa shape index (κ2) is 6.87. The Morgan fingerprint density at radius 2 is 2.12 bits per heavy atom. The van der Waals surface area contributed by atoms with Gasteiger partial charge < -0.3 is 19.5 Å². The van der Waals surface area contributed by atoms with Gasteiger partial charge in [0.05, 0.1) is 17.6 Å². The summed E-state index contributed by atoms with van der Waals surface area (Å²) in [4.78, 5) is 30.6. The van der Waals surface area contributed by atoms with Gasteiger partial charge in [-0.05, 0) is 38.2 Å². The smallest absolute Gasteiger partial charge is 0.311 e. The highest BCUT2D eigenvalue weighted by atomic mass is 16.5. The first kappa shape index (κ1) is 17.3. The molecule has 7 nitrogen and oxygen atoms in total. The number of amides is 1. The summed E-state index contributed by atoms with van der Waals surface area (Å²) in [5.41, 5.74) is -0.420. The molecule has 0 radical (unpaired) electrons. The number of likely N-dealkylation sites (tertiary alicyclic amines) is 1. The van der Waals surface area contributed by atoms with E-state index < -0.39 is 11.4 Å². The minimum Gasteiger partial charge on any atom is -0.481 e. The number of hydrogen-bond acceptors (Lipinski definition) is 5. The van der Waals surface area contributed by atoms with Crippen molar-refractivity contribution in [3.05, 3.63) is 23.9 Å². The Morgan fingerprint density at radius 3 is 2.77 bits per heavy atom. The Hall–Kier alpha value is -2.15. The van der Waals surface area contributed by atoms with E-state index in [1.54, 1.807) is 17.0 Å². The van der Waals surface area contributed by atoms with Gasteiger partial charge in [-0.3, -0.25) is 9.59 Å². The Morgan fingerprint density at radius 1 is 1.31 bits per heavy atom. The van der Waals surface area contributed by atoms with E-state index in [9.17, 15) is 14.7 Å². The zero-order valence-electron chi connectivity index (χ0n) is 14.7. The molecule has 3 heterocycles. The molecule has 1 N–H and O–H groups in total. The van der Waals surface area contributed by atoms with Crippen molar-refractivity contribution in [2.24, 2.45) is 11.3 Å². The lowest BCUT2D eigenvalue weighted by atomic mass is 9.74. The Labute approximate surface area is 152 Å². The Balaban J connectivity index is 1.45. The lowest BCUT2D eigenvalue weighted by molar-refractivity contribution is -0.157. The summed E-state index contributed by atoms with van der Waals surface area (Å²) in [5, 5.41) is 9.72. The average Bonchev–Trinajstić information content (AvgIpc) is 3.29. The number of rotatable bonds is 4. The largest absolute Gasteiger partial charge is 0.481 e. The molecular weight excluding hydrogens is 336 g/mol. The van der Waals surface area contributed by atoms with Crippen molar-refractivity contribution in [3.8, 4) is 5.88 Å². The lowest BCUT2D eigenvalue weighted by Crippen LogP contribution is -2.45. The molecule has 2 aliphatic heterocycles. The van der Waals surface area contributed by atoms with Gasteiger partial charge in [0.15, 0.2) is 0 Å². The van der Waals surface area contributed by atoms with Crippen LogP contribution in [0, 0.1) is 11.3 Å². The van der Waals surface area contributed by atoms with Gasteiger partial charge in [-0.15, -0.1) is 0 Å². The van der Waals surface area contributed by atoms with Gasteiger partial charge in [0.25, 0.3) is 5.91 Å². The van der Waals surface area contributed by atoms with Crippen molar-refractivity contribution in [2.75, 3.05) is 26.3 Å². The zero-order chi connectivity index (χ0) is 18.1. The minimum absolute atomic E-state index is 0.157. The monoisotopic (exact) mass is 360 g/mol. The molecule has 140 valence electrons. The van der Waals surface area contributed by atoms with Crippen molar-refractivity contribution in [1.29, 1.82) is 0 Å². The summed E-state index contributed by atoms with van der Waals surface area (Å²) in [6.45, 7) is 1.46. The molecule has 1 aliphatic carbocycles. The molecule has 26 heavy (non-hydrogen) atoms. The summed E-state index contributed by atoms with van der Waals surface area (Å²) in [6, 6.07) is 3.44. The highest BCUT2D eigenvalue weighted by molar-refractivity contribution is 5.95. The SMILES string of the molecule is O=C(c1ccc(OC2CCCC2)nc1)N1C[C@H]2COCC[C@@]2(C(=O)O)C1. The van der Waals surface area contributed by atoms with Gasteiger partial charge in [-0.1, -0.05) is 0 Å². The molecule has 1 saturated carbocycles. The molecule has 1 aromatic heterocycles. The van der Waals surface area contributed by atoms with E-state index in [1.165, 1.54) is 19.0 Å². The number of carboxylic acids is 1. The summed E-state index contributed by atoms with van der Waals surface area (Å²) >= 11 is 0. The number of aliphatic carboxylic acids is 1. The van der Waals surface area contributed by atoms with E-state index in [0.29, 0.717) is 37.6 Å². The van der Waals surface area contributed by atoms with Crippen LogP contribution in [-0.4, -0.2) is 59.3 Å². The quantitative estimate of drug-likeness (QED) is 0.883. The molecule has 0 spiro atoms. The van der Waals surface area contributed by atoms with Crippen LogP contribution in [0.3, 0.4) is 0 Å². The predicted octanol–water partition coefficient (Wildman–Crippen LogP) is 1.97. The van der Waals surface area contributed by atoms with Crippen molar-refractivity contribution in [3.63, 3.8) is 0 Å². The fourth-order valence-electron chi connectivity index (χ4n) is 4.39. The van der Waals surface area contributed by atoms with E-state index in [1.807, 2.05) is 0 Å². The highest BCUT2D eigenvalue weighted by Gasteiger charge is 2.54. The molecule has 2 saturated heterocycles. The van der Waals surface area contributed by atoms with E-state index in [-0.39, 0.29) is 24.5 Å². The van der Waals surface area contributed by atoms with Crippen molar-refractivity contribution in [1.82, 2.24) is 9.88 Å². The number of carbonyl (C=O) groups is 2. The van der Waals surface area contributed by atoms with Gasteiger partial charge in [-0.25, -0.2) is 4.98 Å². The first-order chi connectivity index (χ1) is 12.6. The molecule has 0 aromatic carbocycles. The second-order valence-electron chi connectivity index (χ2n) is 7.58. The molecular formula is C19H24N2O5. The summed E-state index contributed by atoms with van der Waals surface area (Å²) in [7, 11) is 0. The van der Waals surface area contributed by atoms with Crippen molar-refractivity contribution < 1.29 is 24.2 Å². The fraction of sp³-hybridized carbons (Fsp3) is 0.632. The fourth-order valence-corrected chi connectivity index (χ4v) is 4.39. The summed E-state index contributed by atoms with van der Waals surface area (Å²) in [6.07, 6.45) is 6.68. The zero-order valence-corrected chi connectivity index (χ0v) is 14.7. The van der Waals surface area contributed by atoms with Gasteiger partial charge in [0.1, 0.15) is 6.10 Å². The standard InChI is InChI=1S/C19H24N2O5/c22-17(13-5-6-16(20-9-13)26-15-3-1-2-4-15)21-10-14-11-25-8-7-19(14,12-21)18(23)24/h5-6,9,14-15H,1-4,7-8,10-12H2,(H,23,24)/t14-,19+/m0/s1. The van der Waals surface area contributed by atoms with Crippen molar-refractivity contribution >= 4 is 11.9 Å². The van der Waals surface area contributed by atoms with E-state index in [4.69, 9.17) is 9.47 Å². The molecule has 1 aromatic rings. The third kappa shape index (κ3) is 3.05. The molecule has 1 amide bonds. The maximum absolute atomic E-state index is 12.8. The number of hydrogen-bond donors (Lipinski definition) is 1. The molecule has 7 heteroatoms. The number of carboxylic acid groups (broad SMARTS) is 1. The van der Waals surface area contributed by atoms with E-state index in [2.05, 4.69) is 4.98 Å². The number of nitrogens with zero attached hydrogens (tertiary/aromatic N) is 2. The van der Waals surface area contributed by atoms with E-state index in [0.717, 1.165) is 12.8 Å². The average molecular weight is 360 g/mol. The second-order valence-corrected chi connectivity index (χ2v) is 7.58. The molecule has 0 unspecified atom stereocenters. The number of ether oxygens (including phenoxy) is 2. The number of pyridine rings is 1. The predicted molar refractivity (Wildman–Crippen MR) is 92.0 cm³/mol. The lowest BCUT2D eigenvalue weighted by Gasteiger charge is -2.33. The molecule has 3 aliphatic rings. The minimum atomic E-state index is -0.882. The van der Waals surface area contributed by atoms with Crippen LogP contribution in [0.15, 0.2) is 18.3 Å². The topological polar surface area (TPSA) is 89.0 Å². The molecule has 4 rings (SSSR count). The third-order valence-electron chi connectivity index (χ3n) is 5.99. The van der Waals surface area contributed by atoms with Gasteiger partial charge in [0, 0.05) is 37.9 Å².